The van der Waals surface area contributed by atoms with Crippen molar-refractivity contribution in [1.29, 1.82) is 0 Å². The zero-order valence-electron chi connectivity index (χ0n) is 16.7. The first-order valence-electron chi connectivity index (χ1n) is 9.69. The van der Waals surface area contributed by atoms with Crippen LogP contribution in [0.2, 0.25) is 0 Å². The number of fused-ring (bicyclic) bond motifs is 3. The molecule has 172 valence electrons. The van der Waals surface area contributed by atoms with Gasteiger partial charge in [-0.2, -0.15) is 26.3 Å². The Bertz CT molecular complexity index is 1210. The highest BCUT2D eigenvalue weighted by Gasteiger charge is 2.39. The SMILES string of the molecule is O=C(CSc1nc2c(c(C(F)(F)F)n1)CCc1ccccc1-2)Nc1ccccc1C(F)(F)F. The maximum Gasteiger partial charge on any atom is 0.433 e. The van der Waals surface area contributed by atoms with Gasteiger partial charge in [0.15, 0.2) is 10.9 Å². The van der Waals surface area contributed by atoms with Crippen LogP contribution in [0.5, 0.6) is 0 Å². The summed E-state index contributed by atoms with van der Waals surface area (Å²) in [5.74, 6) is -1.30. The van der Waals surface area contributed by atoms with Crippen molar-refractivity contribution in [2.45, 2.75) is 30.4 Å². The molecule has 2 aromatic carbocycles. The molecule has 1 aliphatic rings. The van der Waals surface area contributed by atoms with E-state index in [-0.39, 0.29) is 22.8 Å². The van der Waals surface area contributed by atoms with Gasteiger partial charge in [-0.25, -0.2) is 9.97 Å². The van der Waals surface area contributed by atoms with E-state index in [1.807, 2.05) is 6.07 Å². The van der Waals surface area contributed by atoms with Crippen LogP contribution < -0.4 is 5.32 Å². The van der Waals surface area contributed by atoms with Crippen molar-refractivity contribution in [3.05, 3.63) is 70.9 Å². The number of rotatable bonds is 4. The number of carbonyl (C=O) groups is 1. The summed E-state index contributed by atoms with van der Waals surface area (Å²) in [5.41, 5.74) is -0.950. The lowest BCUT2D eigenvalue weighted by Crippen LogP contribution is -2.20. The molecule has 0 unspecified atom stereocenters. The zero-order chi connectivity index (χ0) is 23.8. The Hall–Kier alpha value is -3.08. The largest absolute Gasteiger partial charge is 0.433 e. The molecule has 1 heterocycles. The molecule has 1 aromatic heterocycles. The second-order valence-electron chi connectivity index (χ2n) is 7.22. The lowest BCUT2D eigenvalue weighted by atomic mass is 9.88. The van der Waals surface area contributed by atoms with Gasteiger partial charge in [0.1, 0.15) is 0 Å². The first-order chi connectivity index (χ1) is 15.5. The lowest BCUT2D eigenvalue weighted by Gasteiger charge is -2.22. The van der Waals surface area contributed by atoms with Gasteiger partial charge < -0.3 is 5.32 Å². The molecule has 1 N–H and O–H groups in total. The topological polar surface area (TPSA) is 54.9 Å². The molecule has 1 amide bonds. The molecule has 11 heteroatoms. The van der Waals surface area contributed by atoms with E-state index in [2.05, 4.69) is 15.3 Å². The van der Waals surface area contributed by atoms with Gasteiger partial charge in [0, 0.05) is 11.1 Å². The van der Waals surface area contributed by atoms with Crippen LogP contribution in [0.1, 0.15) is 22.4 Å². The van der Waals surface area contributed by atoms with Crippen LogP contribution in [0.3, 0.4) is 0 Å². The number of halogens is 6. The number of hydrogen-bond acceptors (Lipinski definition) is 4. The summed E-state index contributed by atoms with van der Waals surface area (Å²) in [6.45, 7) is 0. The number of benzene rings is 2. The fourth-order valence-electron chi connectivity index (χ4n) is 3.61. The molecular weight excluding hydrogens is 468 g/mol. The molecule has 0 aliphatic heterocycles. The molecule has 3 aromatic rings. The van der Waals surface area contributed by atoms with Crippen molar-refractivity contribution in [3.63, 3.8) is 0 Å². The van der Waals surface area contributed by atoms with Gasteiger partial charge in [0.2, 0.25) is 5.91 Å². The first-order valence-corrected chi connectivity index (χ1v) is 10.7. The molecule has 0 bridgehead atoms. The van der Waals surface area contributed by atoms with Crippen LogP contribution in [0.4, 0.5) is 32.0 Å². The third-order valence-corrected chi connectivity index (χ3v) is 5.86. The third-order valence-electron chi connectivity index (χ3n) is 5.01. The van der Waals surface area contributed by atoms with Gasteiger partial charge in [-0.3, -0.25) is 4.79 Å². The van der Waals surface area contributed by atoms with Crippen LogP contribution in [0.15, 0.2) is 53.7 Å². The van der Waals surface area contributed by atoms with Crippen LogP contribution in [-0.4, -0.2) is 21.6 Å². The minimum Gasteiger partial charge on any atom is -0.325 e. The number of alkyl halides is 6. The summed E-state index contributed by atoms with van der Waals surface area (Å²) in [6, 6.07) is 11.4. The molecule has 0 atom stereocenters. The van der Waals surface area contributed by atoms with E-state index in [4.69, 9.17) is 0 Å². The summed E-state index contributed by atoms with van der Waals surface area (Å²) in [6.07, 6.45) is -8.85. The quantitative estimate of drug-likeness (QED) is 0.281. The Morgan fingerprint density at radius 1 is 0.909 bits per heavy atom. The van der Waals surface area contributed by atoms with E-state index < -0.39 is 41.0 Å². The average molecular weight is 483 g/mol. The van der Waals surface area contributed by atoms with Crippen molar-refractivity contribution in [1.82, 2.24) is 9.97 Å². The Balaban J connectivity index is 1.59. The molecule has 1 aliphatic carbocycles. The standard InChI is InChI=1S/C22H15F6N3OS/c23-21(24,25)15-7-3-4-8-16(15)29-17(32)11-33-20-30-18-13-6-2-1-5-12(13)9-10-14(18)19(31-20)22(26,27)28/h1-8H,9-11H2,(H,29,32). The van der Waals surface area contributed by atoms with Crippen molar-refractivity contribution < 1.29 is 31.1 Å². The van der Waals surface area contributed by atoms with Crippen LogP contribution in [-0.2, 0) is 30.0 Å². The maximum atomic E-state index is 13.7. The number of aromatic nitrogens is 2. The number of thioether (sulfide) groups is 1. The number of aryl methyl sites for hydroxylation is 1. The molecule has 0 fully saturated rings. The fraction of sp³-hybridized carbons (Fsp3) is 0.227. The van der Waals surface area contributed by atoms with Gasteiger partial charge in [-0.05, 0) is 30.5 Å². The van der Waals surface area contributed by atoms with Crippen LogP contribution in [0.25, 0.3) is 11.3 Å². The van der Waals surface area contributed by atoms with Crippen molar-refractivity contribution in [3.8, 4) is 11.3 Å². The first kappa shape index (κ1) is 23.1. The van der Waals surface area contributed by atoms with Gasteiger partial charge in [-0.15, -0.1) is 0 Å². The summed E-state index contributed by atoms with van der Waals surface area (Å²) < 4.78 is 80.4. The smallest absolute Gasteiger partial charge is 0.325 e. The second kappa shape index (κ2) is 8.69. The van der Waals surface area contributed by atoms with Gasteiger partial charge in [0.05, 0.1) is 22.7 Å². The Morgan fingerprint density at radius 2 is 1.61 bits per heavy atom. The average Bonchev–Trinajstić information content (AvgIpc) is 2.76. The number of hydrogen-bond donors (Lipinski definition) is 1. The fourth-order valence-corrected chi connectivity index (χ4v) is 4.25. The predicted molar refractivity (Wildman–Crippen MR) is 111 cm³/mol. The van der Waals surface area contributed by atoms with Crippen LogP contribution >= 0.6 is 11.8 Å². The highest BCUT2D eigenvalue weighted by Crippen LogP contribution is 2.40. The van der Waals surface area contributed by atoms with E-state index in [0.717, 1.165) is 17.7 Å². The highest BCUT2D eigenvalue weighted by molar-refractivity contribution is 7.99. The lowest BCUT2D eigenvalue weighted by molar-refractivity contribution is -0.142. The number of para-hydroxylation sites is 1. The van der Waals surface area contributed by atoms with Gasteiger partial charge in [-0.1, -0.05) is 48.2 Å². The van der Waals surface area contributed by atoms with Crippen LogP contribution in [0, 0.1) is 0 Å². The molecule has 0 spiro atoms. The molecule has 4 rings (SSSR count). The monoisotopic (exact) mass is 483 g/mol. The number of amides is 1. The summed E-state index contributed by atoms with van der Waals surface area (Å²) >= 11 is 0.623. The minimum atomic E-state index is -4.72. The Morgan fingerprint density at radius 3 is 2.33 bits per heavy atom. The number of nitrogens with one attached hydrogen (secondary N) is 1. The van der Waals surface area contributed by atoms with E-state index in [1.54, 1.807) is 18.2 Å². The van der Waals surface area contributed by atoms with Crippen molar-refractivity contribution in [2.24, 2.45) is 0 Å². The molecule has 33 heavy (non-hydrogen) atoms. The summed E-state index contributed by atoms with van der Waals surface area (Å²) in [5, 5.41) is 1.87. The molecule has 4 nitrogen and oxygen atoms in total. The normalized spacial score (nSPS) is 13.3. The Kier molecular flexibility index (Phi) is 6.08. The van der Waals surface area contributed by atoms with Crippen molar-refractivity contribution >= 4 is 23.4 Å². The molecule has 0 radical (unpaired) electrons. The predicted octanol–water partition coefficient (Wildman–Crippen LogP) is 6.01. The minimum absolute atomic E-state index is 0.00546. The van der Waals surface area contributed by atoms with E-state index in [1.165, 1.54) is 12.1 Å². The molecule has 0 saturated carbocycles. The van der Waals surface area contributed by atoms with Gasteiger partial charge >= 0.3 is 12.4 Å². The van der Waals surface area contributed by atoms with Gasteiger partial charge in [0.25, 0.3) is 0 Å². The second-order valence-corrected chi connectivity index (χ2v) is 8.16. The summed E-state index contributed by atoms with van der Waals surface area (Å²) in [7, 11) is 0. The molecule has 0 saturated heterocycles. The van der Waals surface area contributed by atoms with E-state index in [0.29, 0.717) is 23.7 Å². The van der Waals surface area contributed by atoms with E-state index >= 15 is 0 Å². The Labute approximate surface area is 188 Å². The molecular formula is C22H15F6N3OS. The maximum absolute atomic E-state index is 13.7. The summed E-state index contributed by atoms with van der Waals surface area (Å²) in [4.78, 5) is 20.1. The number of anilines is 1. The number of nitrogens with zero attached hydrogens (tertiary/aromatic N) is 2. The highest BCUT2D eigenvalue weighted by atomic mass is 32.2. The zero-order valence-corrected chi connectivity index (χ0v) is 17.5. The van der Waals surface area contributed by atoms with Crippen molar-refractivity contribution in [2.75, 3.05) is 11.1 Å². The number of carbonyl (C=O) groups excluding carboxylic acids is 1. The third kappa shape index (κ3) is 4.97. The van der Waals surface area contributed by atoms with E-state index in [9.17, 15) is 31.1 Å².